The fourth-order valence-electron chi connectivity index (χ4n) is 2.70. The molecule has 2 aromatic rings. The van der Waals surface area contributed by atoms with E-state index in [0.29, 0.717) is 12.3 Å². The average Bonchev–Trinajstić information content (AvgIpc) is 2.89. The Bertz CT molecular complexity index is 618. The SMILES string of the molecule is C[C](Cc1c[nH]c2ccccc12)C(=O)NC(CO)CC(C)C. The maximum absolute atomic E-state index is 12.3. The molecule has 0 aliphatic heterocycles. The highest BCUT2D eigenvalue weighted by Gasteiger charge is 2.20. The van der Waals surface area contributed by atoms with Crippen LogP contribution in [0.15, 0.2) is 30.5 Å². The van der Waals surface area contributed by atoms with Gasteiger partial charge in [0, 0.05) is 17.1 Å². The number of aromatic amines is 1. The molecule has 4 heteroatoms. The zero-order chi connectivity index (χ0) is 16.1. The molecule has 4 nitrogen and oxygen atoms in total. The Morgan fingerprint density at radius 1 is 1.32 bits per heavy atom. The van der Waals surface area contributed by atoms with Gasteiger partial charge in [0.2, 0.25) is 5.91 Å². The fourth-order valence-corrected chi connectivity index (χ4v) is 2.70. The molecule has 0 saturated carbocycles. The molecule has 1 heterocycles. The third-order valence-electron chi connectivity index (χ3n) is 3.83. The van der Waals surface area contributed by atoms with Crippen molar-refractivity contribution >= 4 is 16.8 Å². The van der Waals surface area contributed by atoms with Crippen molar-refractivity contribution < 1.29 is 9.90 Å². The van der Waals surface area contributed by atoms with Gasteiger partial charge in [0.15, 0.2) is 0 Å². The van der Waals surface area contributed by atoms with Crippen LogP contribution in [-0.2, 0) is 11.2 Å². The summed E-state index contributed by atoms with van der Waals surface area (Å²) >= 11 is 0. The van der Waals surface area contributed by atoms with Crippen LogP contribution in [-0.4, -0.2) is 28.6 Å². The van der Waals surface area contributed by atoms with Crippen molar-refractivity contribution in [1.82, 2.24) is 10.3 Å². The summed E-state index contributed by atoms with van der Waals surface area (Å²) < 4.78 is 0. The lowest BCUT2D eigenvalue weighted by Crippen LogP contribution is -2.41. The van der Waals surface area contributed by atoms with E-state index in [-0.39, 0.29) is 18.6 Å². The van der Waals surface area contributed by atoms with Gasteiger partial charge in [-0.1, -0.05) is 32.0 Å². The molecular weight excluding hydrogens is 276 g/mol. The van der Waals surface area contributed by atoms with Gasteiger partial charge in [-0.2, -0.15) is 0 Å². The lowest BCUT2D eigenvalue weighted by Gasteiger charge is -2.20. The fraction of sp³-hybridized carbons (Fsp3) is 0.444. The van der Waals surface area contributed by atoms with Gasteiger partial charge in [0.05, 0.1) is 18.6 Å². The summed E-state index contributed by atoms with van der Waals surface area (Å²) in [5.74, 6) is 1.11. The van der Waals surface area contributed by atoms with Gasteiger partial charge in [-0.25, -0.2) is 0 Å². The predicted octanol–water partition coefficient (Wildman–Crippen LogP) is 2.83. The molecule has 119 valence electrons. The van der Waals surface area contributed by atoms with Crippen LogP contribution in [0.1, 0.15) is 32.8 Å². The van der Waals surface area contributed by atoms with Crippen LogP contribution in [0.25, 0.3) is 10.9 Å². The summed E-state index contributed by atoms with van der Waals surface area (Å²) in [5.41, 5.74) is 2.20. The first-order valence-corrected chi connectivity index (χ1v) is 7.80. The largest absolute Gasteiger partial charge is 0.394 e. The van der Waals surface area contributed by atoms with E-state index >= 15 is 0 Å². The van der Waals surface area contributed by atoms with Gasteiger partial charge >= 0.3 is 0 Å². The topological polar surface area (TPSA) is 65.1 Å². The lowest BCUT2D eigenvalue weighted by atomic mass is 9.98. The zero-order valence-corrected chi connectivity index (χ0v) is 13.5. The maximum atomic E-state index is 12.3. The normalized spacial score (nSPS) is 13.0. The first kappa shape index (κ1) is 16.6. The quantitative estimate of drug-likeness (QED) is 0.736. The number of rotatable bonds is 7. The van der Waals surface area contributed by atoms with Crippen LogP contribution in [0.3, 0.4) is 0 Å². The smallest absolute Gasteiger partial charge is 0.227 e. The molecule has 1 radical (unpaired) electrons. The molecule has 0 aliphatic rings. The van der Waals surface area contributed by atoms with E-state index in [1.807, 2.05) is 31.3 Å². The second kappa shape index (κ2) is 7.45. The number of carbonyl (C=O) groups excluding carboxylic acids is 1. The molecule has 2 rings (SSSR count). The summed E-state index contributed by atoms with van der Waals surface area (Å²) in [6.45, 7) is 5.99. The molecule has 3 N–H and O–H groups in total. The standard InChI is InChI=1S/C18H25N2O2/c1-12(2)8-15(11-21)20-18(22)13(3)9-14-10-19-17-7-5-4-6-16(14)17/h4-7,10,12,15,19,21H,8-9,11H2,1-3H3,(H,20,22). The third-order valence-corrected chi connectivity index (χ3v) is 3.83. The Morgan fingerprint density at radius 3 is 2.73 bits per heavy atom. The number of carbonyl (C=O) groups is 1. The predicted molar refractivity (Wildman–Crippen MR) is 89.4 cm³/mol. The van der Waals surface area contributed by atoms with Crippen molar-refractivity contribution in [2.45, 2.75) is 39.7 Å². The van der Waals surface area contributed by atoms with Gasteiger partial charge in [-0.05, 0) is 37.3 Å². The van der Waals surface area contributed by atoms with Gasteiger partial charge < -0.3 is 15.4 Å². The molecular formula is C18H25N2O2. The number of amides is 1. The van der Waals surface area contributed by atoms with Gasteiger partial charge in [-0.15, -0.1) is 0 Å². The molecule has 0 fully saturated rings. The van der Waals surface area contributed by atoms with Gasteiger partial charge in [0.25, 0.3) is 0 Å². The number of H-pyrrole nitrogens is 1. The molecule has 0 bridgehead atoms. The van der Waals surface area contributed by atoms with E-state index in [1.165, 1.54) is 0 Å². The monoisotopic (exact) mass is 301 g/mol. The van der Waals surface area contributed by atoms with Crippen LogP contribution < -0.4 is 5.32 Å². The Morgan fingerprint density at radius 2 is 2.05 bits per heavy atom. The summed E-state index contributed by atoms with van der Waals surface area (Å²) in [6, 6.07) is 7.90. The number of para-hydroxylation sites is 1. The highest BCUT2D eigenvalue weighted by Crippen LogP contribution is 2.21. The molecule has 0 aliphatic carbocycles. The van der Waals surface area contributed by atoms with Crippen LogP contribution in [0.2, 0.25) is 0 Å². The second-order valence-electron chi connectivity index (χ2n) is 6.30. The molecule has 1 aromatic heterocycles. The minimum Gasteiger partial charge on any atom is -0.394 e. The first-order chi connectivity index (χ1) is 10.5. The van der Waals surface area contributed by atoms with E-state index in [0.717, 1.165) is 28.8 Å². The van der Waals surface area contributed by atoms with E-state index in [1.54, 1.807) is 0 Å². The van der Waals surface area contributed by atoms with Crippen LogP contribution >= 0.6 is 0 Å². The Balaban J connectivity index is 1.99. The molecule has 0 spiro atoms. The molecule has 1 atom stereocenters. The summed E-state index contributed by atoms with van der Waals surface area (Å²) in [4.78, 5) is 15.5. The van der Waals surface area contributed by atoms with Gasteiger partial charge in [0.1, 0.15) is 0 Å². The van der Waals surface area contributed by atoms with Crippen molar-refractivity contribution in [2.24, 2.45) is 5.92 Å². The highest BCUT2D eigenvalue weighted by atomic mass is 16.3. The Labute approximate surface area is 131 Å². The van der Waals surface area contributed by atoms with E-state index in [2.05, 4.69) is 30.2 Å². The number of nitrogens with one attached hydrogen (secondary N) is 2. The molecule has 1 amide bonds. The van der Waals surface area contributed by atoms with Crippen LogP contribution in [0.5, 0.6) is 0 Å². The van der Waals surface area contributed by atoms with Crippen molar-refractivity contribution in [3.63, 3.8) is 0 Å². The minimum absolute atomic E-state index is 0.0235. The number of aliphatic hydroxyl groups is 1. The first-order valence-electron chi connectivity index (χ1n) is 7.80. The van der Waals surface area contributed by atoms with Gasteiger partial charge in [-0.3, -0.25) is 4.79 Å². The lowest BCUT2D eigenvalue weighted by molar-refractivity contribution is -0.120. The van der Waals surface area contributed by atoms with E-state index in [9.17, 15) is 9.90 Å². The number of aliphatic hydroxyl groups excluding tert-OH is 1. The number of hydrogen-bond donors (Lipinski definition) is 3. The second-order valence-corrected chi connectivity index (χ2v) is 6.30. The molecule has 1 unspecified atom stereocenters. The van der Waals surface area contributed by atoms with E-state index < -0.39 is 0 Å². The number of benzene rings is 1. The van der Waals surface area contributed by atoms with Crippen LogP contribution in [0, 0.1) is 11.8 Å². The Hall–Kier alpha value is -1.81. The molecule has 22 heavy (non-hydrogen) atoms. The van der Waals surface area contributed by atoms with Crippen molar-refractivity contribution in [2.75, 3.05) is 6.61 Å². The summed E-state index contributed by atoms with van der Waals surface area (Å²) in [5, 5.41) is 13.4. The van der Waals surface area contributed by atoms with Crippen molar-refractivity contribution in [3.8, 4) is 0 Å². The molecule has 0 saturated heterocycles. The van der Waals surface area contributed by atoms with Crippen LogP contribution in [0.4, 0.5) is 0 Å². The number of aromatic nitrogens is 1. The summed E-state index contributed by atoms with van der Waals surface area (Å²) in [7, 11) is 0. The number of hydrogen-bond acceptors (Lipinski definition) is 2. The Kier molecular flexibility index (Phi) is 5.61. The number of fused-ring (bicyclic) bond motifs is 1. The van der Waals surface area contributed by atoms with Crippen molar-refractivity contribution in [3.05, 3.63) is 41.9 Å². The molecule has 1 aromatic carbocycles. The summed E-state index contributed by atoms with van der Waals surface area (Å²) in [6.07, 6.45) is 3.34. The zero-order valence-electron chi connectivity index (χ0n) is 13.5. The van der Waals surface area contributed by atoms with Crippen molar-refractivity contribution in [1.29, 1.82) is 0 Å². The highest BCUT2D eigenvalue weighted by molar-refractivity contribution is 5.91. The van der Waals surface area contributed by atoms with E-state index in [4.69, 9.17) is 0 Å². The average molecular weight is 301 g/mol. The minimum atomic E-state index is -0.176. The third kappa shape index (κ3) is 4.10. The maximum Gasteiger partial charge on any atom is 0.227 e.